The van der Waals surface area contributed by atoms with Gasteiger partial charge in [-0.3, -0.25) is 9.78 Å². The van der Waals surface area contributed by atoms with Crippen molar-refractivity contribution in [2.45, 2.75) is 65.1 Å². The summed E-state index contributed by atoms with van der Waals surface area (Å²) in [7, 11) is 0. The number of pyridine rings is 2. The van der Waals surface area contributed by atoms with Crippen molar-refractivity contribution in [2.75, 3.05) is 13.1 Å². The molecular weight excluding hydrogens is 502 g/mol. The lowest BCUT2D eigenvalue weighted by Crippen LogP contribution is -2.39. The highest BCUT2D eigenvalue weighted by atomic mass is 16.6. The predicted octanol–water partition coefficient (Wildman–Crippen LogP) is 6.20. The molecule has 6 rings (SSSR count). The van der Waals surface area contributed by atoms with Crippen molar-refractivity contribution in [2.24, 2.45) is 0 Å². The second-order valence-electron chi connectivity index (χ2n) is 11.8. The van der Waals surface area contributed by atoms with E-state index < -0.39 is 5.60 Å². The molecule has 1 aromatic carbocycles. The Labute approximate surface area is 234 Å². The zero-order chi connectivity index (χ0) is 28.0. The summed E-state index contributed by atoms with van der Waals surface area (Å²) in [6.07, 6.45) is 9.37. The van der Waals surface area contributed by atoms with Crippen LogP contribution in [-0.2, 0) is 17.7 Å². The molecule has 3 aromatic heterocycles. The van der Waals surface area contributed by atoms with Crippen LogP contribution in [0.2, 0.25) is 0 Å². The Kier molecular flexibility index (Phi) is 6.56. The van der Waals surface area contributed by atoms with Crippen LogP contribution in [0.4, 0.5) is 4.79 Å². The van der Waals surface area contributed by atoms with E-state index >= 15 is 0 Å². The van der Waals surface area contributed by atoms with E-state index in [-0.39, 0.29) is 18.0 Å². The van der Waals surface area contributed by atoms with Crippen molar-refractivity contribution < 1.29 is 14.3 Å². The van der Waals surface area contributed by atoms with E-state index in [1.54, 1.807) is 18.5 Å². The van der Waals surface area contributed by atoms with Gasteiger partial charge in [0, 0.05) is 55.4 Å². The van der Waals surface area contributed by atoms with Gasteiger partial charge in [0.05, 0.1) is 11.6 Å². The molecule has 1 atom stereocenters. The Morgan fingerprint density at radius 3 is 2.73 bits per heavy atom. The van der Waals surface area contributed by atoms with Crippen LogP contribution in [-0.4, -0.2) is 55.4 Å². The van der Waals surface area contributed by atoms with Crippen molar-refractivity contribution >= 4 is 23.0 Å². The lowest BCUT2D eigenvalue weighted by atomic mass is 9.86. The number of H-pyrrole nitrogens is 1. The third kappa shape index (κ3) is 4.94. The molecule has 0 saturated carbocycles. The van der Waals surface area contributed by atoms with Gasteiger partial charge in [-0.05, 0) is 99.0 Å². The largest absolute Gasteiger partial charge is 0.444 e. The molecule has 8 nitrogen and oxygen atoms in total. The van der Waals surface area contributed by atoms with E-state index in [4.69, 9.17) is 4.74 Å². The summed E-state index contributed by atoms with van der Waals surface area (Å²) < 4.78 is 5.80. The topological polar surface area (TPSA) is 91.4 Å². The van der Waals surface area contributed by atoms with E-state index in [2.05, 4.69) is 40.1 Å². The van der Waals surface area contributed by atoms with Crippen LogP contribution in [0.5, 0.6) is 0 Å². The minimum absolute atomic E-state index is 0.0261. The van der Waals surface area contributed by atoms with Gasteiger partial charge in [-0.25, -0.2) is 9.78 Å². The first-order valence-electron chi connectivity index (χ1n) is 14.0. The van der Waals surface area contributed by atoms with Crippen LogP contribution < -0.4 is 0 Å². The Bertz CT molecular complexity index is 1590. The summed E-state index contributed by atoms with van der Waals surface area (Å²) >= 11 is 0. The monoisotopic (exact) mass is 537 g/mol. The molecule has 2 aliphatic rings. The molecule has 0 spiro atoms. The molecule has 4 aromatic rings. The number of hydrogen-bond acceptors (Lipinski definition) is 5. The van der Waals surface area contributed by atoms with Crippen molar-refractivity contribution in [3.63, 3.8) is 0 Å². The maximum atomic E-state index is 13.4. The molecule has 0 radical (unpaired) electrons. The highest BCUT2D eigenvalue weighted by Crippen LogP contribution is 2.40. The Hall–Kier alpha value is -4.20. The average Bonchev–Trinajstić information content (AvgIpc) is 3.58. The first-order chi connectivity index (χ1) is 19.2. The van der Waals surface area contributed by atoms with E-state index in [0.29, 0.717) is 25.2 Å². The number of aromatic amines is 1. The fourth-order valence-electron chi connectivity index (χ4n) is 5.93. The third-order valence-electron chi connectivity index (χ3n) is 7.88. The molecule has 5 heterocycles. The smallest absolute Gasteiger partial charge is 0.410 e. The van der Waals surface area contributed by atoms with Gasteiger partial charge in [0.25, 0.3) is 5.91 Å². The third-order valence-corrected chi connectivity index (χ3v) is 7.88. The quantitative estimate of drug-likeness (QED) is 0.336. The molecule has 40 heavy (non-hydrogen) atoms. The van der Waals surface area contributed by atoms with Crippen LogP contribution >= 0.6 is 0 Å². The number of aryl methyl sites for hydroxylation is 1. The van der Waals surface area contributed by atoms with Gasteiger partial charge < -0.3 is 19.5 Å². The zero-order valence-electron chi connectivity index (χ0n) is 23.5. The van der Waals surface area contributed by atoms with Crippen molar-refractivity contribution in [1.82, 2.24) is 24.8 Å². The SMILES string of the molecule is Cc1c[nH]c2ncc(-c3cc4c(c([C@@H]5CCCN5C(=O)OC(C)(C)C)c3)CN(C(=O)c3cccnc3)CC4)cc12. The first-order valence-corrected chi connectivity index (χ1v) is 14.0. The van der Waals surface area contributed by atoms with Gasteiger partial charge >= 0.3 is 6.09 Å². The number of likely N-dealkylation sites (tertiary alicyclic amines) is 1. The second kappa shape index (κ2) is 10.1. The van der Waals surface area contributed by atoms with E-state index in [1.807, 2.05) is 49.0 Å². The second-order valence-corrected chi connectivity index (χ2v) is 11.8. The average molecular weight is 538 g/mol. The number of rotatable bonds is 3. The van der Waals surface area contributed by atoms with Crippen LogP contribution in [0, 0.1) is 6.92 Å². The highest BCUT2D eigenvalue weighted by Gasteiger charge is 2.36. The number of nitrogens with one attached hydrogen (secondary N) is 1. The minimum atomic E-state index is -0.575. The number of carbonyl (C=O) groups excluding carboxylic acids is 2. The summed E-state index contributed by atoms with van der Waals surface area (Å²) in [5.41, 5.74) is 7.57. The molecule has 2 aliphatic heterocycles. The van der Waals surface area contributed by atoms with Gasteiger partial charge in [0.15, 0.2) is 0 Å². The van der Waals surface area contributed by atoms with Gasteiger partial charge in [0.2, 0.25) is 0 Å². The summed E-state index contributed by atoms with van der Waals surface area (Å²) in [4.78, 5) is 42.5. The minimum Gasteiger partial charge on any atom is -0.444 e. The predicted molar refractivity (Wildman–Crippen MR) is 154 cm³/mol. The fraction of sp³-hybridized carbons (Fsp3) is 0.375. The lowest BCUT2D eigenvalue weighted by molar-refractivity contribution is 0.0222. The molecule has 0 aliphatic carbocycles. The number of aromatic nitrogens is 3. The van der Waals surface area contributed by atoms with E-state index in [1.165, 1.54) is 5.56 Å². The Balaban J connectivity index is 1.43. The van der Waals surface area contributed by atoms with Gasteiger partial charge in [0.1, 0.15) is 11.2 Å². The molecule has 0 bridgehead atoms. The van der Waals surface area contributed by atoms with Crippen LogP contribution in [0.15, 0.2) is 55.1 Å². The van der Waals surface area contributed by atoms with E-state index in [0.717, 1.165) is 58.1 Å². The fourth-order valence-corrected chi connectivity index (χ4v) is 5.93. The maximum absolute atomic E-state index is 13.4. The Morgan fingerprint density at radius 2 is 1.95 bits per heavy atom. The molecule has 0 unspecified atom stereocenters. The number of hydrogen-bond donors (Lipinski definition) is 1. The first kappa shape index (κ1) is 26.0. The van der Waals surface area contributed by atoms with Crippen LogP contribution in [0.3, 0.4) is 0 Å². The Morgan fingerprint density at radius 1 is 1.10 bits per heavy atom. The molecule has 1 N–H and O–H groups in total. The number of fused-ring (bicyclic) bond motifs is 2. The standard InChI is InChI=1S/C32H35N5O3/c1-20-16-34-29-25(20)15-24(18-35-29)23-13-21-9-12-36(30(38)22-7-5-10-33-17-22)19-27(21)26(14-23)28-8-6-11-37(28)31(39)40-32(2,3)4/h5,7,10,13-18,28H,6,8-9,11-12,19H2,1-4H3,(H,34,35)/t28-/m0/s1. The molecule has 206 valence electrons. The van der Waals surface area contributed by atoms with Gasteiger partial charge in [-0.2, -0.15) is 0 Å². The van der Waals surface area contributed by atoms with Crippen molar-refractivity contribution in [3.8, 4) is 11.1 Å². The zero-order valence-corrected chi connectivity index (χ0v) is 23.5. The van der Waals surface area contributed by atoms with Crippen LogP contribution in [0.25, 0.3) is 22.2 Å². The number of benzene rings is 1. The normalized spacial score (nSPS) is 17.2. The van der Waals surface area contributed by atoms with E-state index in [9.17, 15) is 9.59 Å². The highest BCUT2D eigenvalue weighted by molar-refractivity contribution is 5.94. The molecule has 2 amide bonds. The summed E-state index contributed by atoms with van der Waals surface area (Å²) in [6.45, 7) is 9.52. The van der Waals surface area contributed by atoms with Crippen molar-refractivity contribution in [3.05, 3.63) is 82.9 Å². The number of ether oxygens (including phenoxy) is 1. The van der Waals surface area contributed by atoms with Gasteiger partial charge in [-0.1, -0.05) is 6.07 Å². The summed E-state index contributed by atoms with van der Waals surface area (Å²) in [5.74, 6) is -0.0261. The van der Waals surface area contributed by atoms with Crippen molar-refractivity contribution in [1.29, 1.82) is 0 Å². The molecule has 8 heteroatoms. The molecular formula is C32H35N5O3. The van der Waals surface area contributed by atoms with Gasteiger partial charge in [-0.15, -0.1) is 0 Å². The molecule has 1 fully saturated rings. The lowest BCUT2D eigenvalue weighted by Gasteiger charge is -2.35. The number of amides is 2. The summed E-state index contributed by atoms with van der Waals surface area (Å²) in [6, 6.07) is 10.1. The molecule has 1 saturated heterocycles. The number of nitrogens with zero attached hydrogens (tertiary/aromatic N) is 4. The summed E-state index contributed by atoms with van der Waals surface area (Å²) in [5, 5.41) is 1.10. The van der Waals surface area contributed by atoms with Crippen LogP contribution in [0.1, 0.15) is 72.3 Å². The maximum Gasteiger partial charge on any atom is 0.410 e. The number of carbonyl (C=O) groups is 2.